The molecule has 0 atom stereocenters. The first kappa shape index (κ1) is 85.2. The van der Waals surface area contributed by atoms with Crippen LogP contribution in [-0.2, 0) is 0 Å². The Morgan fingerprint density at radius 2 is 0.411 bits per heavy atom. The molecule has 0 radical (unpaired) electrons. The second-order valence-electron chi connectivity index (χ2n) is 37.6. The molecule has 30 rings (SSSR count). The molecule has 146 heavy (non-hydrogen) atoms. The average molecular weight is 1870 g/mol. The third-order valence-corrected chi connectivity index (χ3v) is 29.8. The van der Waals surface area contributed by atoms with Crippen LogP contribution in [0.15, 0.2) is 535 Å². The van der Waals surface area contributed by atoms with Crippen molar-refractivity contribution in [3.05, 3.63) is 522 Å². The van der Waals surface area contributed by atoms with Crippen molar-refractivity contribution in [3.8, 4) is 111 Å². The van der Waals surface area contributed by atoms with Gasteiger partial charge in [-0.3, -0.25) is 0 Å². The summed E-state index contributed by atoms with van der Waals surface area (Å²) in [5.41, 5.74) is 29.9. The van der Waals surface area contributed by atoms with Crippen molar-refractivity contribution in [2.24, 2.45) is 0 Å². The summed E-state index contributed by atoms with van der Waals surface area (Å²) in [7, 11) is 3.75. The number of benzene rings is 27. The second kappa shape index (κ2) is 36.7. The maximum Gasteiger partial charge on any atom is 0.143 e. The highest BCUT2D eigenvalue weighted by atomic mass is 16.3. The molecule has 0 unspecified atom stereocenters. The van der Waals surface area contributed by atoms with Gasteiger partial charge in [-0.05, 0) is 273 Å². The van der Waals surface area contributed by atoms with Crippen LogP contribution in [0.2, 0.25) is 0 Å². The van der Waals surface area contributed by atoms with Crippen LogP contribution >= 0.6 is 0 Å². The van der Waals surface area contributed by atoms with Gasteiger partial charge in [0.25, 0.3) is 0 Å². The third kappa shape index (κ3) is 14.6. The molecule has 0 spiro atoms. The molecule has 30 aromatic rings. The van der Waals surface area contributed by atoms with Gasteiger partial charge in [0.1, 0.15) is 33.5 Å². The monoisotopic (exact) mass is 1870 g/mol. The van der Waals surface area contributed by atoms with E-state index < -0.39 is 0 Å². The summed E-state index contributed by atoms with van der Waals surface area (Å²) in [6.07, 6.45) is 0. The van der Waals surface area contributed by atoms with E-state index in [2.05, 4.69) is 522 Å². The number of hydrogen-bond acceptors (Lipinski definition) is 3. The zero-order chi connectivity index (χ0) is 100. The lowest BCUT2D eigenvalue weighted by Gasteiger charge is -2.20. The molecular formula is C143H98O3. The Kier molecular flexibility index (Phi) is 21.4. The molecule has 3 heteroatoms. The van der Waals surface area contributed by atoms with E-state index in [0.29, 0.717) is 0 Å². The van der Waals surface area contributed by atoms with E-state index in [1.807, 2.05) is 0 Å². The van der Waals surface area contributed by atoms with Crippen molar-refractivity contribution in [1.29, 1.82) is 0 Å². The molecule has 3 nitrogen and oxygen atoms in total. The molecule has 0 aliphatic rings. The van der Waals surface area contributed by atoms with Gasteiger partial charge in [-0.25, -0.2) is 0 Å². The molecule has 688 valence electrons. The van der Waals surface area contributed by atoms with E-state index in [4.69, 9.17) is 17.4 Å². The van der Waals surface area contributed by atoms with Crippen LogP contribution in [0, 0.1) is 0 Å². The summed E-state index contributed by atoms with van der Waals surface area (Å²) >= 11 is 0. The maximum absolute atomic E-state index is 7.02. The van der Waals surface area contributed by atoms with Crippen LogP contribution in [0.4, 0.5) is 0 Å². The number of hydrogen-bond donors (Lipinski definition) is 0. The van der Waals surface area contributed by atoms with E-state index in [0.717, 1.165) is 71.6 Å². The smallest absolute Gasteiger partial charge is 0.143 e. The highest BCUT2D eigenvalue weighted by Crippen LogP contribution is 2.55. The Labute approximate surface area is 850 Å². The Morgan fingerprint density at radius 1 is 0.123 bits per heavy atom. The number of rotatable bonds is 10. The molecule has 0 fully saturated rings. The van der Waals surface area contributed by atoms with Crippen molar-refractivity contribution < 1.29 is 17.4 Å². The Balaban J connectivity index is 0.000000113. The highest BCUT2D eigenvalue weighted by molar-refractivity contribution is 6.32. The highest BCUT2D eigenvalue weighted by Gasteiger charge is 2.28. The van der Waals surface area contributed by atoms with Crippen LogP contribution in [0.25, 0.3) is 296 Å². The zero-order valence-corrected chi connectivity index (χ0v) is 80.9. The van der Waals surface area contributed by atoms with Gasteiger partial charge in [0.05, 0.1) is 0 Å². The van der Waals surface area contributed by atoms with Gasteiger partial charge >= 0.3 is 0 Å². The van der Waals surface area contributed by atoms with E-state index >= 15 is 0 Å². The van der Waals surface area contributed by atoms with E-state index in [1.165, 1.54) is 246 Å². The van der Waals surface area contributed by atoms with Crippen molar-refractivity contribution >= 4 is 184 Å². The minimum Gasteiger partial charge on any atom is -0.456 e. The van der Waals surface area contributed by atoms with Gasteiger partial charge in [-0.1, -0.05) is 489 Å². The summed E-state index contributed by atoms with van der Waals surface area (Å²) in [6, 6.07) is 189. The molecule has 0 aliphatic carbocycles. The SMILES string of the molecule is [2H]C.[2H]C.[2H]C.c1ccc(-c2ccc(-c3c4ccccc4c(-c4cc5ccccc5c5ccccc45)c4ccccc34)c3c2oc2c4ccccc4ccc23)cc1.c1ccc(-c2ccc(-c3ccc(-c4c5ccccc5c(-c5ccc6oc7ccc8ccccc8c7c6c5)c5ccccc45)cc3)cc2)cc1.c1ccc(-c2ccccc2-c2c3ccccc3c(-c3ccc4oc5ccc6ccccc6c5c4c3)c3ccccc23)cc1. The summed E-state index contributed by atoms with van der Waals surface area (Å²) < 4.78 is 37.0. The van der Waals surface area contributed by atoms with E-state index in [-0.39, 0.29) is 0 Å². The molecule has 0 saturated heterocycles. The standard InChI is InChI=1S/C50H30O.C48H30O.C42H26O.3CH4/c1-2-14-31(15-3-1)36-28-29-43(48-44-27-26-32-16-4-7-19-35(32)49(44)51-50(36)48)46-39-22-10-12-24-41(39)47(42-25-13-11-23-40(42)46)45-30-33-17-5-6-18-34(33)37-20-8-9-21-38(37)45;1-2-10-31(11-3-1)32-18-20-33(21-19-32)34-22-24-36(25-23-34)46-39-14-6-8-16-41(39)47(42-17-9-7-15-40(42)46)37-27-28-44-43(30-37)48-38-13-5-4-12-35(38)26-29-45(48)49-44;1-2-12-27(13-3-1)30-15-6-7-17-32(30)41-35-20-10-8-18-33(35)40(34-19-9-11-21-36(34)41)29-23-24-38-37(26-29)42-31-16-5-4-14-28(31)22-25-39(42)43-38;;;/h1-30H;1-30H;1-26H;3*1H4/i;;;3*1D. The first-order chi connectivity index (χ1) is 74.0. The molecule has 0 N–H and O–H groups in total. The fourth-order valence-electron chi connectivity index (χ4n) is 23.4. The lowest BCUT2D eigenvalue weighted by molar-refractivity contribution is 0.669. The van der Waals surface area contributed by atoms with Gasteiger partial charge < -0.3 is 13.3 Å². The Hall–Kier alpha value is -18.8. The van der Waals surface area contributed by atoms with Crippen LogP contribution in [0.5, 0.6) is 0 Å². The first-order valence-corrected chi connectivity index (χ1v) is 49.2. The maximum atomic E-state index is 7.02. The normalized spacial score (nSPS) is 11.7. The van der Waals surface area contributed by atoms with E-state index in [9.17, 15) is 0 Å². The fraction of sp³-hybridized carbons (Fsp3) is 0.0210. The van der Waals surface area contributed by atoms with Gasteiger partial charge in [-0.2, -0.15) is 0 Å². The summed E-state index contributed by atoms with van der Waals surface area (Å²) in [5.74, 6) is 0. The van der Waals surface area contributed by atoms with Crippen LogP contribution in [-0.4, -0.2) is 0 Å². The number of fused-ring (bicyclic) bond motifs is 24. The largest absolute Gasteiger partial charge is 0.456 e. The van der Waals surface area contributed by atoms with Gasteiger partial charge in [0.2, 0.25) is 0 Å². The van der Waals surface area contributed by atoms with Crippen LogP contribution < -0.4 is 0 Å². The molecule has 0 bridgehead atoms. The summed E-state index contributed by atoms with van der Waals surface area (Å²) in [6.45, 7) is 0. The quantitative estimate of drug-likeness (QED) is 0.101. The molecular weight excluding hydrogens is 1770 g/mol. The van der Waals surface area contributed by atoms with Gasteiger partial charge in [-0.15, -0.1) is 0 Å². The van der Waals surface area contributed by atoms with Crippen molar-refractivity contribution in [2.75, 3.05) is 0 Å². The van der Waals surface area contributed by atoms with Gasteiger partial charge in [0, 0.05) is 47.4 Å². The van der Waals surface area contributed by atoms with Gasteiger partial charge in [0.15, 0.2) is 0 Å². The Morgan fingerprint density at radius 3 is 0.856 bits per heavy atom. The van der Waals surface area contributed by atoms with Crippen LogP contribution in [0.1, 0.15) is 26.3 Å². The number of furan rings is 3. The second-order valence-corrected chi connectivity index (χ2v) is 37.6. The average Bonchev–Trinajstić information content (AvgIpc) is 1.68. The zero-order valence-electron chi connectivity index (χ0n) is 83.9. The van der Waals surface area contributed by atoms with Crippen molar-refractivity contribution in [1.82, 2.24) is 0 Å². The lowest BCUT2D eigenvalue weighted by Crippen LogP contribution is -1.93. The van der Waals surface area contributed by atoms with Crippen molar-refractivity contribution in [3.63, 3.8) is 0 Å². The predicted octanol–water partition coefficient (Wildman–Crippen LogP) is 42.0. The van der Waals surface area contributed by atoms with E-state index in [1.54, 1.807) is 0 Å². The molecule has 3 heterocycles. The predicted molar refractivity (Wildman–Crippen MR) is 628 cm³/mol. The summed E-state index contributed by atoms with van der Waals surface area (Å²) in [4.78, 5) is 0. The summed E-state index contributed by atoms with van der Waals surface area (Å²) in [5, 5.41) is 34.1. The van der Waals surface area contributed by atoms with Crippen LogP contribution in [0.3, 0.4) is 0 Å². The molecule has 0 saturated carbocycles. The Bertz CT molecular complexity index is 10300. The molecule has 0 aliphatic heterocycles. The molecule has 27 aromatic carbocycles. The lowest BCUT2D eigenvalue weighted by atomic mass is 9.82. The minimum absolute atomic E-state index is 0.912. The fourth-order valence-corrected chi connectivity index (χ4v) is 23.4. The third-order valence-electron chi connectivity index (χ3n) is 29.8. The topological polar surface area (TPSA) is 39.4 Å². The minimum atomic E-state index is 0.912. The first-order valence-electron chi connectivity index (χ1n) is 52.2. The molecule has 3 aromatic heterocycles. The molecule has 0 amide bonds. The van der Waals surface area contributed by atoms with Crippen molar-refractivity contribution in [2.45, 2.75) is 22.2 Å².